The molecule has 88 valence electrons. The third-order valence-corrected chi connectivity index (χ3v) is 2.58. The number of nitrogens with zero attached hydrogens (tertiary/aromatic N) is 3. The van der Waals surface area contributed by atoms with Crippen LogP contribution in [0.4, 0.5) is 0 Å². The molecule has 6 nitrogen and oxygen atoms in total. The summed E-state index contributed by atoms with van der Waals surface area (Å²) in [5.74, 6) is 0.484. The molecule has 0 saturated carbocycles. The monoisotopic (exact) mass is 224 g/mol. The molecule has 16 heavy (non-hydrogen) atoms. The van der Waals surface area contributed by atoms with E-state index in [1.54, 1.807) is 13.1 Å². The van der Waals surface area contributed by atoms with E-state index in [9.17, 15) is 4.79 Å². The molecule has 1 aromatic rings. The molecule has 2 rings (SSSR count). The number of hydrazine groups is 1. The van der Waals surface area contributed by atoms with Crippen LogP contribution in [0.25, 0.3) is 0 Å². The van der Waals surface area contributed by atoms with E-state index in [2.05, 4.69) is 22.4 Å². The summed E-state index contributed by atoms with van der Waals surface area (Å²) in [5.41, 5.74) is 2.78. The molecule has 1 aromatic heterocycles. The second kappa shape index (κ2) is 4.63. The normalized spacial score (nSPS) is 18.6. The summed E-state index contributed by atoms with van der Waals surface area (Å²) >= 11 is 0. The van der Waals surface area contributed by atoms with E-state index in [-0.39, 0.29) is 11.8 Å². The Morgan fingerprint density at radius 1 is 1.44 bits per heavy atom. The fraction of sp³-hybridized carbons (Fsp3) is 0.600. The highest BCUT2D eigenvalue weighted by atomic mass is 16.4. The highest BCUT2D eigenvalue weighted by molar-refractivity contribution is 5.89. The van der Waals surface area contributed by atoms with Gasteiger partial charge >= 0.3 is 5.91 Å². The van der Waals surface area contributed by atoms with Gasteiger partial charge in [0, 0.05) is 26.2 Å². The van der Waals surface area contributed by atoms with Crippen LogP contribution >= 0.6 is 0 Å². The van der Waals surface area contributed by atoms with Crippen molar-refractivity contribution in [3.63, 3.8) is 0 Å². The van der Waals surface area contributed by atoms with Crippen LogP contribution in [0.2, 0.25) is 0 Å². The van der Waals surface area contributed by atoms with Gasteiger partial charge in [-0.25, -0.2) is 9.99 Å². The third kappa shape index (κ3) is 2.59. The number of aromatic nitrogens is 1. The van der Waals surface area contributed by atoms with Crippen molar-refractivity contribution in [2.75, 3.05) is 33.2 Å². The van der Waals surface area contributed by atoms with Crippen LogP contribution in [0.1, 0.15) is 16.4 Å². The van der Waals surface area contributed by atoms with Crippen molar-refractivity contribution in [2.45, 2.75) is 6.92 Å². The third-order valence-electron chi connectivity index (χ3n) is 2.58. The van der Waals surface area contributed by atoms with Gasteiger partial charge in [0.25, 0.3) is 5.89 Å². The summed E-state index contributed by atoms with van der Waals surface area (Å²) in [5, 5.41) is 1.89. The summed E-state index contributed by atoms with van der Waals surface area (Å²) < 4.78 is 5.15. The van der Waals surface area contributed by atoms with Gasteiger partial charge in [0.15, 0.2) is 0 Å². The lowest BCUT2D eigenvalue weighted by Gasteiger charge is -2.31. The maximum atomic E-state index is 11.7. The molecule has 1 saturated heterocycles. The van der Waals surface area contributed by atoms with E-state index in [1.165, 1.54) is 0 Å². The van der Waals surface area contributed by atoms with E-state index < -0.39 is 0 Å². The lowest BCUT2D eigenvalue weighted by molar-refractivity contribution is 0.0629. The molecule has 1 aliphatic rings. The average Bonchev–Trinajstić information content (AvgIpc) is 2.68. The van der Waals surface area contributed by atoms with Crippen LogP contribution in [-0.4, -0.2) is 54.0 Å². The van der Waals surface area contributed by atoms with Gasteiger partial charge in [0.05, 0.1) is 6.20 Å². The van der Waals surface area contributed by atoms with Gasteiger partial charge in [-0.05, 0) is 14.0 Å². The summed E-state index contributed by atoms with van der Waals surface area (Å²) in [4.78, 5) is 17.8. The summed E-state index contributed by atoms with van der Waals surface area (Å²) in [6.07, 6.45) is 1.54. The van der Waals surface area contributed by atoms with Gasteiger partial charge in [-0.15, -0.1) is 0 Å². The van der Waals surface area contributed by atoms with Crippen LogP contribution in [0.3, 0.4) is 0 Å². The van der Waals surface area contributed by atoms with Crippen molar-refractivity contribution < 1.29 is 9.21 Å². The number of hydrogen-bond donors (Lipinski definition) is 1. The number of rotatable bonds is 2. The minimum atomic E-state index is -0.280. The number of hydrogen-bond acceptors (Lipinski definition) is 5. The second-order valence-electron chi connectivity index (χ2n) is 4.01. The first-order valence-corrected chi connectivity index (χ1v) is 5.32. The number of carbonyl (C=O) groups excluding carboxylic acids is 1. The standard InChI is InChI=1S/C10H16N4O2/c1-8-7-11-10(16-8)9(15)12-14-5-3-13(2)4-6-14/h7H,3-6H2,1-2H3,(H,12,15). The summed E-state index contributed by atoms with van der Waals surface area (Å²) in [7, 11) is 2.07. The Kier molecular flexibility index (Phi) is 3.21. The Hall–Kier alpha value is -1.40. The topological polar surface area (TPSA) is 61.6 Å². The molecule has 0 bridgehead atoms. The summed E-state index contributed by atoms with van der Waals surface area (Å²) in [6.45, 7) is 5.30. The fourth-order valence-corrected chi connectivity index (χ4v) is 1.57. The first-order valence-electron chi connectivity index (χ1n) is 5.32. The predicted molar refractivity (Wildman–Crippen MR) is 57.8 cm³/mol. The van der Waals surface area contributed by atoms with Crippen molar-refractivity contribution in [1.29, 1.82) is 0 Å². The Morgan fingerprint density at radius 2 is 2.12 bits per heavy atom. The van der Waals surface area contributed by atoms with Gasteiger partial charge in [-0.3, -0.25) is 10.2 Å². The maximum Gasteiger partial charge on any atom is 0.321 e. The zero-order valence-corrected chi connectivity index (χ0v) is 9.56. The number of carbonyl (C=O) groups is 1. The van der Waals surface area contributed by atoms with Crippen molar-refractivity contribution in [3.05, 3.63) is 17.8 Å². The lowest BCUT2D eigenvalue weighted by Crippen LogP contribution is -2.52. The molecule has 0 atom stereocenters. The van der Waals surface area contributed by atoms with E-state index in [0.29, 0.717) is 5.76 Å². The second-order valence-corrected chi connectivity index (χ2v) is 4.01. The first-order chi connectivity index (χ1) is 7.65. The zero-order chi connectivity index (χ0) is 11.5. The minimum Gasteiger partial charge on any atom is -0.438 e. The number of oxazole rings is 1. The minimum absolute atomic E-state index is 0.122. The van der Waals surface area contributed by atoms with Gasteiger partial charge in [-0.2, -0.15) is 0 Å². The highest BCUT2D eigenvalue weighted by Gasteiger charge is 2.18. The van der Waals surface area contributed by atoms with E-state index in [4.69, 9.17) is 4.42 Å². The van der Waals surface area contributed by atoms with E-state index in [1.807, 2.05) is 5.01 Å². The zero-order valence-electron chi connectivity index (χ0n) is 9.56. The molecule has 0 unspecified atom stereocenters. The number of amides is 1. The summed E-state index contributed by atoms with van der Waals surface area (Å²) in [6, 6.07) is 0. The molecule has 0 aliphatic carbocycles. The number of nitrogens with one attached hydrogen (secondary N) is 1. The molecule has 0 spiro atoms. The van der Waals surface area contributed by atoms with Crippen LogP contribution in [0, 0.1) is 6.92 Å². The Morgan fingerprint density at radius 3 is 2.69 bits per heavy atom. The lowest BCUT2D eigenvalue weighted by atomic mass is 10.4. The molecule has 1 amide bonds. The molecule has 2 heterocycles. The van der Waals surface area contributed by atoms with Crippen molar-refractivity contribution in [1.82, 2.24) is 20.3 Å². The number of likely N-dealkylation sites (N-methyl/N-ethyl adjacent to an activating group) is 1. The first kappa shape index (κ1) is 11.1. The van der Waals surface area contributed by atoms with Crippen molar-refractivity contribution in [3.8, 4) is 0 Å². The van der Waals surface area contributed by atoms with Crippen molar-refractivity contribution >= 4 is 5.91 Å². The predicted octanol–water partition coefficient (Wildman–Crippen LogP) is -0.125. The Labute approximate surface area is 94.2 Å². The molecule has 0 radical (unpaired) electrons. The number of piperazine rings is 1. The largest absolute Gasteiger partial charge is 0.438 e. The quantitative estimate of drug-likeness (QED) is 0.758. The fourth-order valence-electron chi connectivity index (χ4n) is 1.57. The average molecular weight is 224 g/mol. The van der Waals surface area contributed by atoms with Gasteiger partial charge in [0.1, 0.15) is 5.76 Å². The van der Waals surface area contributed by atoms with E-state index in [0.717, 1.165) is 26.2 Å². The molecular weight excluding hydrogens is 208 g/mol. The van der Waals surface area contributed by atoms with Crippen LogP contribution in [-0.2, 0) is 0 Å². The molecular formula is C10H16N4O2. The highest BCUT2D eigenvalue weighted by Crippen LogP contribution is 2.02. The molecule has 1 aliphatic heterocycles. The van der Waals surface area contributed by atoms with Crippen molar-refractivity contribution in [2.24, 2.45) is 0 Å². The van der Waals surface area contributed by atoms with Crippen LogP contribution < -0.4 is 5.43 Å². The van der Waals surface area contributed by atoms with Crippen LogP contribution in [0.15, 0.2) is 10.6 Å². The van der Waals surface area contributed by atoms with Gasteiger partial charge < -0.3 is 9.32 Å². The molecule has 6 heteroatoms. The molecule has 0 aromatic carbocycles. The Balaban J connectivity index is 1.88. The van der Waals surface area contributed by atoms with Gasteiger partial charge in [0.2, 0.25) is 0 Å². The molecule has 1 N–H and O–H groups in total. The maximum absolute atomic E-state index is 11.7. The van der Waals surface area contributed by atoms with Crippen LogP contribution in [0.5, 0.6) is 0 Å². The SMILES string of the molecule is Cc1cnc(C(=O)NN2CCN(C)CC2)o1. The molecule has 1 fully saturated rings. The number of aryl methyl sites for hydroxylation is 1. The smallest absolute Gasteiger partial charge is 0.321 e. The van der Waals surface area contributed by atoms with E-state index >= 15 is 0 Å². The Bertz CT molecular complexity index is 369. The van der Waals surface area contributed by atoms with Gasteiger partial charge in [-0.1, -0.05) is 0 Å².